The Morgan fingerprint density at radius 2 is 2.22 bits per heavy atom. The van der Waals surface area contributed by atoms with E-state index in [9.17, 15) is 4.79 Å². The van der Waals surface area contributed by atoms with Crippen LogP contribution in [0, 0.1) is 6.92 Å². The first-order valence-corrected chi connectivity index (χ1v) is 5.66. The van der Waals surface area contributed by atoms with Gasteiger partial charge in [-0.3, -0.25) is 0 Å². The van der Waals surface area contributed by atoms with Crippen LogP contribution >= 0.6 is 0 Å². The molecule has 0 atom stereocenters. The molecule has 2 rings (SSSR count). The predicted octanol–water partition coefficient (Wildman–Crippen LogP) is 2.99. The number of esters is 1. The molecule has 1 heterocycles. The summed E-state index contributed by atoms with van der Waals surface area (Å²) in [5, 5.41) is 3.23. The third kappa shape index (κ3) is 2.71. The molecule has 0 unspecified atom stereocenters. The van der Waals surface area contributed by atoms with E-state index in [1.54, 1.807) is 18.4 Å². The van der Waals surface area contributed by atoms with Gasteiger partial charge in [0, 0.05) is 5.69 Å². The van der Waals surface area contributed by atoms with E-state index in [2.05, 4.69) is 5.32 Å². The van der Waals surface area contributed by atoms with Crippen molar-refractivity contribution in [3.8, 4) is 0 Å². The summed E-state index contributed by atoms with van der Waals surface area (Å²) >= 11 is 0. The standard InChI is InChI=1S/C14H15NO3/c1-10-5-6-11(14(16)17-2)8-13(10)15-9-12-4-3-7-18-12/h3-8,15H,9H2,1-2H3. The largest absolute Gasteiger partial charge is 0.467 e. The van der Waals surface area contributed by atoms with Gasteiger partial charge in [-0.15, -0.1) is 0 Å². The summed E-state index contributed by atoms with van der Waals surface area (Å²) in [5.41, 5.74) is 2.49. The van der Waals surface area contributed by atoms with Crippen molar-refractivity contribution in [1.82, 2.24) is 0 Å². The van der Waals surface area contributed by atoms with Gasteiger partial charge in [0.05, 0.1) is 25.5 Å². The quantitative estimate of drug-likeness (QED) is 0.841. The number of benzene rings is 1. The number of hydrogen-bond donors (Lipinski definition) is 1. The van der Waals surface area contributed by atoms with Crippen LogP contribution in [0.2, 0.25) is 0 Å². The van der Waals surface area contributed by atoms with Gasteiger partial charge >= 0.3 is 5.97 Å². The summed E-state index contributed by atoms with van der Waals surface area (Å²) in [6.45, 7) is 2.56. The van der Waals surface area contributed by atoms with Crippen LogP contribution in [0.25, 0.3) is 0 Å². The van der Waals surface area contributed by atoms with E-state index in [4.69, 9.17) is 9.15 Å². The fourth-order valence-electron chi connectivity index (χ4n) is 1.65. The zero-order chi connectivity index (χ0) is 13.0. The lowest BCUT2D eigenvalue weighted by atomic mass is 10.1. The Hall–Kier alpha value is -2.23. The van der Waals surface area contributed by atoms with Gasteiger partial charge in [0.15, 0.2) is 0 Å². The average molecular weight is 245 g/mol. The Morgan fingerprint density at radius 1 is 1.39 bits per heavy atom. The number of carbonyl (C=O) groups is 1. The summed E-state index contributed by atoms with van der Waals surface area (Å²) in [6, 6.07) is 9.15. The molecule has 0 spiro atoms. The minimum absolute atomic E-state index is 0.337. The van der Waals surface area contributed by atoms with E-state index in [1.165, 1.54) is 7.11 Å². The smallest absolute Gasteiger partial charge is 0.337 e. The summed E-state index contributed by atoms with van der Waals surface area (Å²) in [6.07, 6.45) is 1.63. The zero-order valence-electron chi connectivity index (χ0n) is 10.4. The lowest BCUT2D eigenvalue weighted by molar-refractivity contribution is 0.0601. The fourth-order valence-corrected chi connectivity index (χ4v) is 1.65. The average Bonchev–Trinajstić information content (AvgIpc) is 2.90. The van der Waals surface area contributed by atoms with Crippen LogP contribution in [0.5, 0.6) is 0 Å². The third-order valence-electron chi connectivity index (χ3n) is 2.69. The number of rotatable bonds is 4. The summed E-state index contributed by atoms with van der Waals surface area (Å²) < 4.78 is 9.94. The maximum absolute atomic E-state index is 11.4. The van der Waals surface area contributed by atoms with E-state index >= 15 is 0 Å². The van der Waals surface area contributed by atoms with Gasteiger partial charge in [-0.1, -0.05) is 6.07 Å². The normalized spacial score (nSPS) is 10.1. The minimum atomic E-state index is -0.337. The molecular weight excluding hydrogens is 230 g/mol. The summed E-state index contributed by atoms with van der Waals surface area (Å²) in [4.78, 5) is 11.4. The zero-order valence-corrected chi connectivity index (χ0v) is 10.4. The van der Waals surface area contributed by atoms with Crippen LogP contribution in [0.15, 0.2) is 41.0 Å². The maximum Gasteiger partial charge on any atom is 0.337 e. The molecule has 0 fully saturated rings. The van der Waals surface area contributed by atoms with Gasteiger partial charge in [-0.05, 0) is 36.8 Å². The SMILES string of the molecule is COC(=O)c1ccc(C)c(NCc2ccco2)c1. The second-order valence-corrected chi connectivity index (χ2v) is 3.95. The molecule has 4 heteroatoms. The van der Waals surface area contributed by atoms with Gasteiger partial charge in [0.25, 0.3) is 0 Å². The van der Waals surface area contributed by atoms with E-state index in [0.717, 1.165) is 17.0 Å². The topological polar surface area (TPSA) is 51.5 Å². The summed E-state index contributed by atoms with van der Waals surface area (Å²) in [5.74, 6) is 0.508. The van der Waals surface area contributed by atoms with Gasteiger partial charge in [0.2, 0.25) is 0 Å². The number of methoxy groups -OCH3 is 1. The van der Waals surface area contributed by atoms with Crippen LogP contribution in [0.1, 0.15) is 21.7 Å². The second-order valence-electron chi connectivity index (χ2n) is 3.95. The van der Waals surface area contributed by atoms with Crippen LogP contribution in [0.4, 0.5) is 5.69 Å². The van der Waals surface area contributed by atoms with Crippen molar-refractivity contribution in [3.63, 3.8) is 0 Å². The Labute approximate surface area is 106 Å². The molecule has 2 aromatic rings. The third-order valence-corrected chi connectivity index (χ3v) is 2.69. The molecule has 18 heavy (non-hydrogen) atoms. The number of nitrogens with one attached hydrogen (secondary N) is 1. The molecule has 1 aromatic carbocycles. The fraction of sp³-hybridized carbons (Fsp3) is 0.214. The van der Waals surface area contributed by atoms with E-state index in [1.807, 2.05) is 25.1 Å². The number of aryl methyl sites for hydroxylation is 1. The van der Waals surface area contributed by atoms with Crippen molar-refractivity contribution in [2.45, 2.75) is 13.5 Å². The van der Waals surface area contributed by atoms with Crippen LogP contribution < -0.4 is 5.32 Å². The van der Waals surface area contributed by atoms with Gasteiger partial charge in [-0.25, -0.2) is 4.79 Å². The molecule has 0 saturated heterocycles. The van der Waals surface area contributed by atoms with Crippen molar-refractivity contribution in [2.75, 3.05) is 12.4 Å². The van der Waals surface area contributed by atoms with Gasteiger partial charge in [0.1, 0.15) is 5.76 Å². The van der Waals surface area contributed by atoms with E-state index in [-0.39, 0.29) is 5.97 Å². The highest BCUT2D eigenvalue weighted by Crippen LogP contribution is 2.18. The molecule has 94 valence electrons. The Kier molecular flexibility index (Phi) is 3.67. The molecule has 0 aliphatic carbocycles. The predicted molar refractivity (Wildman–Crippen MR) is 68.6 cm³/mol. The molecule has 0 saturated carbocycles. The lowest BCUT2D eigenvalue weighted by Crippen LogP contribution is -2.05. The highest BCUT2D eigenvalue weighted by atomic mass is 16.5. The molecule has 4 nitrogen and oxygen atoms in total. The number of hydrogen-bond acceptors (Lipinski definition) is 4. The van der Waals surface area contributed by atoms with Crippen molar-refractivity contribution in [1.29, 1.82) is 0 Å². The van der Waals surface area contributed by atoms with Crippen LogP contribution in [-0.4, -0.2) is 13.1 Å². The Bertz CT molecular complexity index is 532. The second kappa shape index (κ2) is 5.40. The first kappa shape index (κ1) is 12.2. The Morgan fingerprint density at radius 3 is 2.89 bits per heavy atom. The molecular formula is C14H15NO3. The first-order valence-electron chi connectivity index (χ1n) is 5.66. The minimum Gasteiger partial charge on any atom is -0.467 e. The van der Waals surface area contributed by atoms with Crippen molar-refractivity contribution in [3.05, 3.63) is 53.5 Å². The highest BCUT2D eigenvalue weighted by Gasteiger charge is 2.08. The number of furan rings is 1. The number of carbonyl (C=O) groups excluding carboxylic acids is 1. The van der Waals surface area contributed by atoms with Crippen molar-refractivity contribution < 1.29 is 13.9 Å². The number of ether oxygens (including phenoxy) is 1. The molecule has 0 aliphatic heterocycles. The molecule has 0 radical (unpaired) electrons. The number of anilines is 1. The molecule has 0 aliphatic rings. The van der Waals surface area contributed by atoms with Crippen LogP contribution in [-0.2, 0) is 11.3 Å². The van der Waals surface area contributed by atoms with Crippen molar-refractivity contribution in [2.24, 2.45) is 0 Å². The van der Waals surface area contributed by atoms with Gasteiger partial charge < -0.3 is 14.5 Å². The molecule has 1 N–H and O–H groups in total. The van der Waals surface area contributed by atoms with Gasteiger partial charge in [-0.2, -0.15) is 0 Å². The molecule has 0 bridgehead atoms. The maximum atomic E-state index is 11.4. The Balaban J connectivity index is 2.13. The van der Waals surface area contributed by atoms with Crippen molar-refractivity contribution >= 4 is 11.7 Å². The van der Waals surface area contributed by atoms with E-state index < -0.39 is 0 Å². The van der Waals surface area contributed by atoms with Crippen LogP contribution in [0.3, 0.4) is 0 Å². The van der Waals surface area contributed by atoms with E-state index in [0.29, 0.717) is 12.1 Å². The highest BCUT2D eigenvalue weighted by molar-refractivity contribution is 5.90. The lowest BCUT2D eigenvalue weighted by Gasteiger charge is -2.09. The summed E-state index contributed by atoms with van der Waals surface area (Å²) in [7, 11) is 1.37. The molecule has 1 aromatic heterocycles. The first-order chi connectivity index (χ1) is 8.70. The molecule has 0 amide bonds. The monoisotopic (exact) mass is 245 g/mol.